The van der Waals surface area contributed by atoms with Crippen molar-refractivity contribution in [3.05, 3.63) is 40.9 Å². The number of aromatic amines is 1. The molecule has 3 aliphatic rings. The average molecular weight is 543 g/mol. The van der Waals surface area contributed by atoms with Gasteiger partial charge in [0.1, 0.15) is 10.6 Å². The van der Waals surface area contributed by atoms with E-state index in [1.54, 1.807) is 23.6 Å². The van der Waals surface area contributed by atoms with E-state index in [0.717, 1.165) is 60.9 Å². The van der Waals surface area contributed by atoms with Crippen LogP contribution in [-0.4, -0.2) is 83.3 Å². The molecule has 1 N–H and O–H groups in total. The van der Waals surface area contributed by atoms with Crippen LogP contribution in [-0.2, 0) is 17.5 Å². The second-order valence-corrected chi connectivity index (χ2v) is 11.5. The minimum atomic E-state index is -4.47. The topological polar surface area (TPSA) is 60.5 Å². The van der Waals surface area contributed by atoms with Crippen LogP contribution in [0.4, 0.5) is 19.0 Å². The van der Waals surface area contributed by atoms with Crippen molar-refractivity contribution < 1.29 is 17.9 Å². The summed E-state index contributed by atoms with van der Waals surface area (Å²) in [6.45, 7) is 7.72. The summed E-state index contributed by atoms with van der Waals surface area (Å²) in [7, 11) is 0. The average Bonchev–Trinajstić information content (AvgIpc) is 3.51. The van der Waals surface area contributed by atoms with Crippen molar-refractivity contribution in [1.82, 2.24) is 24.8 Å². The lowest BCUT2D eigenvalue weighted by Gasteiger charge is -2.34. The number of morpholine rings is 1. The molecular weight excluding hydrogens is 513 g/mol. The Morgan fingerprint density at radius 3 is 2.50 bits per heavy atom. The molecular formula is C27H29F3N6OS. The number of hydrogen-bond acceptors (Lipinski definition) is 7. The lowest BCUT2D eigenvalue weighted by Crippen LogP contribution is -2.46. The van der Waals surface area contributed by atoms with Crippen molar-refractivity contribution in [2.75, 3.05) is 57.4 Å². The Morgan fingerprint density at radius 2 is 1.76 bits per heavy atom. The number of aromatic nitrogens is 3. The molecule has 7 rings (SSSR count). The lowest BCUT2D eigenvalue weighted by molar-refractivity contribution is -0.137. The molecule has 3 aromatic heterocycles. The molecule has 11 heteroatoms. The Bertz CT molecular complexity index is 1470. The maximum atomic E-state index is 13.8. The molecule has 4 aromatic rings. The van der Waals surface area contributed by atoms with Crippen molar-refractivity contribution in [3.63, 3.8) is 0 Å². The summed E-state index contributed by atoms with van der Waals surface area (Å²) >= 11 is 1.62. The zero-order valence-corrected chi connectivity index (χ0v) is 21.7. The van der Waals surface area contributed by atoms with E-state index in [2.05, 4.69) is 25.8 Å². The number of thiophene rings is 1. The summed E-state index contributed by atoms with van der Waals surface area (Å²) in [5, 5.41) is 1.64. The first-order chi connectivity index (χ1) is 18.4. The highest BCUT2D eigenvalue weighted by atomic mass is 32.1. The fourth-order valence-corrected chi connectivity index (χ4v) is 6.70. The molecule has 200 valence electrons. The van der Waals surface area contributed by atoms with E-state index in [0.29, 0.717) is 48.6 Å². The highest BCUT2D eigenvalue weighted by molar-refractivity contribution is 7.18. The van der Waals surface area contributed by atoms with Crippen LogP contribution >= 0.6 is 11.3 Å². The molecule has 0 atom stereocenters. The van der Waals surface area contributed by atoms with Crippen LogP contribution in [0.15, 0.2) is 30.5 Å². The first-order valence-corrected chi connectivity index (χ1v) is 14.0. The maximum absolute atomic E-state index is 13.8. The van der Waals surface area contributed by atoms with E-state index in [1.165, 1.54) is 23.8 Å². The summed E-state index contributed by atoms with van der Waals surface area (Å²) in [6, 6.07) is 7.09. The van der Waals surface area contributed by atoms with Crippen LogP contribution in [0.1, 0.15) is 23.3 Å². The van der Waals surface area contributed by atoms with Crippen LogP contribution in [0.25, 0.3) is 32.5 Å². The molecule has 0 radical (unpaired) electrons. The third kappa shape index (κ3) is 4.66. The Morgan fingerprint density at radius 1 is 0.974 bits per heavy atom. The number of hydrogen-bond donors (Lipinski definition) is 1. The van der Waals surface area contributed by atoms with Gasteiger partial charge in [-0.2, -0.15) is 13.2 Å². The summed E-state index contributed by atoms with van der Waals surface area (Å²) in [6.07, 6.45) is -0.141. The van der Waals surface area contributed by atoms with Gasteiger partial charge in [-0.15, -0.1) is 11.3 Å². The van der Waals surface area contributed by atoms with Crippen LogP contribution in [0.2, 0.25) is 0 Å². The van der Waals surface area contributed by atoms with Gasteiger partial charge in [-0.25, -0.2) is 9.97 Å². The molecule has 2 aliphatic heterocycles. The number of fused-ring (bicyclic) bond motifs is 2. The number of nitrogens with zero attached hydrogens (tertiary/aromatic N) is 5. The van der Waals surface area contributed by atoms with Crippen LogP contribution in [0, 0.1) is 0 Å². The minimum Gasteiger partial charge on any atom is -0.378 e. The van der Waals surface area contributed by atoms with E-state index in [9.17, 15) is 13.2 Å². The number of alkyl halides is 3. The number of H-pyrrole nitrogens is 1. The number of benzene rings is 1. The molecule has 0 bridgehead atoms. The molecule has 3 fully saturated rings. The molecule has 2 saturated heterocycles. The van der Waals surface area contributed by atoms with E-state index in [4.69, 9.17) is 14.7 Å². The van der Waals surface area contributed by atoms with Crippen molar-refractivity contribution in [3.8, 4) is 11.4 Å². The predicted octanol–water partition coefficient (Wildman–Crippen LogP) is 4.98. The third-order valence-corrected chi connectivity index (χ3v) is 8.83. The molecule has 1 aliphatic carbocycles. The standard InChI is InChI=1S/C27H29F3N6OS/c28-27(29,30)17-13-21(20-3-4-31-23(20)14-17)24-32-25(36-9-11-37-12-10-36)22-15-19(38-26(22)33-24)16-34-5-7-35(8-6-34)18-1-2-18/h3-4,13-15,18,31H,1-2,5-12,16H2. The fourth-order valence-electron chi connectivity index (χ4n) is 5.63. The van der Waals surface area contributed by atoms with E-state index < -0.39 is 11.7 Å². The number of anilines is 1. The Balaban J connectivity index is 1.28. The second kappa shape index (κ2) is 9.48. The molecule has 0 spiro atoms. The molecule has 1 saturated carbocycles. The molecule has 1 aromatic carbocycles. The molecule has 38 heavy (non-hydrogen) atoms. The zero-order valence-electron chi connectivity index (χ0n) is 20.9. The second-order valence-electron chi connectivity index (χ2n) is 10.4. The Kier molecular flexibility index (Phi) is 6.06. The quantitative estimate of drug-likeness (QED) is 0.384. The van der Waals surface area contributed by atoms with Crippen LogP contribution < -0.4 is 4.90 Å². The predicted molar refractivity (Wildman–Crippen MR) is 143 cm³/mol. The van der Waals surface area contributed by atoms with E-state index >= 15 is 0 Å². The van der Waals surface area contributed by atoms with Crippen molar-refractivity contribution >= 4 is 38.3 Å². The van der Waals surface area contributed by atoms with Gasteiger partial charge in [0, 0.05) is 79.4 Å². The molecule has 0 unspecified atom stereocenters. The van der Waals surface area contributed by atoms with Gasteiger partial charge >= 0.3 is 6.18 Å². The number of halogens is 3. The monoisotopic (exact) mass is 542 g/mol. The highest BCUT2D eigenvalue weighted by Gasteiger charge is 2.33. The highest BCUT2D eigenvalue weighted by Crippen LogP contribution is 2.39. The SMILES string of the molecule is FC(F)(F)c1cc(-c2nc(N3CCOCC3)c3cc(CN4CCN(C5CC5)CC4)sc3n2)c2cc[nH]c2c1. The number of rotatable bonds is 5. The van der Waals surface area contributed by atoms with Gasteiger partial charge in [-0.1, -0.05) is 0 Å². The summed E-state index contributed by atoms with van der Waals surface area (Å²) in [5.41, 5.74) is 0.0959. The number of ether oxygens (including phenoxy) is 1. The van der Waals surface area contributed by atoms with Gasteiger partial charge in [0.25, 0.3) is 0 Å². The van der Waals surface area contributed by atoms with Gasteiger partial charge in [0.05, 0.1) is 24.2 Å². The fraction of sp³-hybridized carbons (Fsp3) is 0.481. The summed E-state index contributed by atoms with van der Waals surface area (Å²) < 4.78 is 46.8. The molecule has 7 nitrogen and oxygen atoms in total. The third-order valence-electron chi connectivity index (χ3n) is 7.82. The maximum Gasteiger partial charge on any atom is 0.416 e. The van der Waals surface area contributed by atoms with Crippen molar-refractivity contribution in [2.45, 2.75) is 31.6 Å². The minimum absolute atomic E-state index is 0.320. The van der Waals surface area contributed by atoms with Crippen molar-refractivity contribution in [2.24, 2.45) is 0 Å². The van der Waals surface area contributed by atoms with Gasteiger partial charge in [-0.3, -0.25) is 9.80 Å². The van der Waals surface area contributed by atoms with Gasteiger partial charge < -0.3 is 14.6 Å². The van der Waals surface area contributed by atoms with Crippen LogP contribution in [0.3, 0.4) is 0 Å². The summed E-state index contributed by atoms with van der Waals surface area (Å²) in [4.78, 5) is 22.0. The van der Waals surface area contributed by atoms with Crippen LogP contribution in [0.5, 0.6) is 0 Å². The number of piperazine rings is 1. The molecule has 5 heterocycles. The van der Waals surface area contributed by atoms with Gasteiger partial charge in [-0.05, 0) is 37.1 Å². The Hall–Kier alpha value is -2.73. The Labute approximate surface area is 222 Å². The normalized spacial score (nSPS) is 20.1. The first kappa shape index (κ1) is 24.3. The zero-order chi connectivity index (χ0) is 25.9. The lowest BCUT2D eigenvalue weighted by atomic mass is 10.0. The summed E-state index contributed by atoms with van der Waals surface area (Å²) in [5.74, 6) is 1.09. The van der Waals surface area contributed by atoms with Gasteiger partial charge in [0.2, 0.25) is 0 Å². The van der Waals surface area contributed by atoms with Crippen molar-refractivity contribution in [1.29, 1.82) is 0 Å². The first-order valence-electron chi connectivity index (χ1n) is 13.2. The van der Waals surface area contributed by atoms with E-state index in [1.807, 2.05) is 0 Å². The smallest absolute Gasteiger partial charge is 0.378 e. The van der Waals surface area contributed by atoms with Gasteiger partial charge in [0.15, 0.2) is 5.82 Å². The largest absolute Gasteiger partial charge is 0.416 e. The molecule has 0 amide bonds. The van der Waals surface area contributed by atoms with E-state index in [-0.39, 0.29) is 0 Å². The number of nitrogens with one attached hydrogen (secondary N) is 1.